The molecule has 0 aromatic carbocycles. The van der Waals surface area contributed by atoms with Gasteiger partial charge in [0.2, 0.25) is 0 Å². The van der Waals surface area contributed by atoms with Gasteiger partial charge in [0.1, 0.15) is 5.65 Å². The fraction of sp³-hybridized carbons (Fsp3) is 0.222. The number of halogens is 1. The molecule has 62 valence electrons. The van der Waals surface area contributed by atoms with Crippen LogP contribution in [0.1, 0.15) is 6.92 Å². The normalized spacial score (nSPS) is 10.8. The van der Waals surface area contributed by atoms with E-state index in [0.29, 0.717) is 0 Å². The first kappa shape index (κ1) is 7.80. The molecular weight excluding hydrogens is 216 g/mol. The summed E-state index contributed by atoms with van der Waals surface area (Å²) in [6, 6.07) is 4.02. The third-order valence-electron chi connectivity index (χ3n) is 1.93. The zero-order valence-corrected chi connectivity index (χ0v) is 8.37. The summed E-state index contributed by atoms with van der Waals surface area (Å²) in [5, 5.41) is 1.18. The van der Waals surface area contributed by atoms with Crippen molar-refractivity contribution in [3.05, 3.63) is 29.0 Å². The zero-order valence-electron chi connectivity index (χ0n) is 6.79. The number of fused-ring (bicyclic) bond motifs is 1. The Morgan fingerprint density at radius 1 is 1.58 bits per heavy atom. The lowest BCUT2D eigenvalue weighted by Crippen LogP contribution is -1.91. The summed E-state index contributed by atoms with van der Waals surface area (Å²) >= 11 is 3.50. The molecule has 2 aromatic rings. The van der Waals surface area contributed by atoms with Crippen LogP contribution in [-0.2, 0) is 6.54 Å². The first-order valence-corrected chi connectivity index (χ1v) is 4.71. The Morgan fingerprint density at radius 3 is 3.17 bits per heavy atom. The van der Waals surface area contributed by atoms with Crippen molar-refractivity contribution in [2.24, 2.45) is 0 Å². The Labute approximate surface area is 79.3 Å². The molecule has 0 amide bonds. The predicted molar refractivity (Wildman–Crippen MR) is 53.1 cm³/mol. The lowest BCUT2D eigenvalue weighted by molar-refractivity contribution is 0.786. The number of aromatic nitrogens is 2. The number of aryl methyl sites for hydroxylation is 1. The number of nitrogens with zero attached hydrogens (tertiary/aromatic N) is 2. The summed E-state index contributed by atoms with van der Waals surface area (Å²) in [4.78, 5) is 4.31. The van der Waals surface area contributed by atoms with Crippen LogP contribution in [0.5, 0.6) is 0 Å². The molecule has 0 bridgehead atoms. The molecule has 0 radical (unpaired) electrons. The highest BCUT2D eigenvalue weighted by atomic mass is 79.9. The van der Waals surface area contributed by atoms with Gasteiger partial charge in [-0.2, -0.15) is 0 Å². The second-order valence-electron chi connectivity index (χ2n) is 2.64. The second kappa shape index (κ2) is 2.90. The van der Waals surface area contributed by atoms with Crippen LogP contribution in [0.3, 0.4) is 0 Å². The van der Waals surface area contributed by atoms with E-state index in [2.05, 4.69) is 44.7 Å². The molecule has 2 heterocycles. The van der Waals surface area contributed by atoms with Crippen molar-refractivity contribution < 1.29 is 0 Å². The van der Waals surface area contributed by atoms with Crippen LogP contribution in [0.25, 0.3) is 11.0 Å². The Bertz CT molecular complexity index is 406. The maximum absolute atomic E-state index is 4.31. The van der Waals surface area contributed by atoms with Gasteiger partial charge >= 0.3 is 0 Å². The smallest absolute Gasteiger partial charge is 0.140 e. The molecule has 3 heteroatoms. The molecule has 0 aliphatic rings. The van der Waals surface area contributed by atoms with Gasteiger partial charge in [0.15, 0.2) is 0 Å². The molecule has 0 aliphatic carbocycles. The van der Waals surface area contributed by atoms with Crippen LogP contribution in [-0.4, -0.2) is 9.55 Å². The molecule has 0 fully saturated rings. The molecule has 0 N–H and O–H groups in total. The van der Waals surface area contributed by atoms with Crippen LogP contribution in [0.4, 0.5) is 0 Å². The maximum atomic E-state index is 4.31. The van der Waals surface area contributed by atoms with Gasteiger partial charge in [0.05, 0.1) is 0 Å². The average molecular weight is 225 g/mol. The number of hydrogen-bond acceptors (Lipinski definition) is 1. The minimum absolute atomic E-state index is 0.957. The van der Waals surface area contributed by atoms with E-state index in [1.165, 1.54) is 5.39 Å². The van der Waals surface area contributed by atoms with Gasteiger partial charge < -0.3 is 4.57 Å². The Hall–Kier alpha value is -0.830. The monoisotopic (exact) mass is 224 g/mol. The summed E-state index contributed by atoms with van der Waals surface area (Å²) in [7, 11) is 0. The first-order chi connectivity index (χ1) is 5.83. The van der Waals surface area contributed by atoms with Crippen LogP contribution >= 0.6 is 15.9 Å². The third-order valence-corrected chi connectivity index (χ3v) is 2.56. The minimum Gasteiger partial charge on any atom is -0.332 e. The molecule has 2 nitrogen and oxygen atoms in total. The molecule has 0 aliphatic heterocycles. The molecule has 0 saturated heterocycles. The van der Waals surface area contributed by atoms with E-state index in [0.717, 1.165) is 16.7 Å². The SMILES string of the molecule is CCn1cc(Br)c2cccnc21. The Morgan fingerprint density at radius 2 is 2.42 bits per heavy atom. The van der Waals surface area contributed by atoms with Crippen molar-refractivity contribution >= 4 is 27.0 Å². The quantitative estimate of drug-likeness (QED) is 0.729. The van der Waals surface area contributed by atoms with Gasteiger partial charge in [-0.25, -0.2) is 4.98 Å². The van der Waals surface area contributed by atoms with Crippen molar-refractivity contribution in [2.75, 3.05) is 0 Å². The highest BCUT2D eigenvalue weighted by Gasteiger charge is 2.04. The van der Waals surface area contributed by atoms with Crippen LogP contribution in [0.15, 0.2) is 29.0 Å². The Balaban J connectivity index is 2.82. The minimum atomic E-state index is 0.957. The average Bonchev–Trinajstić information content (AvgIpc) is 2.44. The fourth-order valence-corrected chi connectivity index (χ4v) is 1.88. The van der Waals surface area contributed by atoms with E-state index >= 15 is 0 Å². The van der Waals surface area contributed by atoms with Crippen molar-refractivity contribution in [3.63, 3.8) is 0 Å². The molecule has 2 rings (SSSR count). The first-order valence-electron chi connectivity index (χ1n) is 3.92. The molecule has 0 atom stereocenters. The number of pyridine rings is 1. The summed E-state index contributed by atoms with van der Waals surface area (Å²) in [5.74, 6) is 0. The van der Waals surface area contributed by atoms with Crippen molar-refractivity contribution in [3.8, 4) is 0 Å². The lowest BCUT2D eigenvalue weighted by Gasteiger charge is -1.96. The van der Waals surface area contributed by atoms with Crippen molar-refractivity contribution in [1.82, 2.24) is 9.55 Å². The van der Waals surface area contributed by atoms with Gasteiger partial charge in [-0.3, -0.25) is 0 Å². The lowest BCUT2D eigenvalue weighted by atomic mass is 10.3. The van der Waals surface area contributed by atoms with Crippen LogP contribution in [0.2, 0.25) is 0 Å². The topological polar surface area (TPSA) is 17.8 Å². The maximum Gasteiger partial charge on any atom is 0.140 e. The van der Waals surface area contributed by atoms with Gasteiger partial charge in [-0.05, 0) is 35.0 Å². The second-order valence-corrected chi connectivity index (χ2v) is 3.49. The van der Waals surface area contributed by atoms with Gasteiger partial charge in [-0.1, -0.05) is 0 Å². The fourth-order valence-electron chi connectivity index (χ4n) is 1.32. The summed E-state index contributed by atoms with van der Waals surface area (Å²) in [6.45, 7) is 3.07. The van der Waals surface area contributed by atoms with Crippen molar-refractivity contribution in [1.29, 1.82) is 0 Å². The molecular formula is C9H9BrN2. The largest absolute Gasteiger partial charge is 0.332 e. The summed E-state index contributed by atoms with van der Waals surface area (Å²) in [5.41, 5.74) is 1.05. The number of hydrogen-bond donors (Lipinski definition) is 0. The number of rotatable bonds is 1. The highest BCUT2D eigenvalue weighted by Crippen LogP contribution is 2.23. The van der Waals surface area contributed by atoms with Gasteiger partial charge in [-0.15, -0.1) is 0 Å². The molecule has 12 heavy (non-hydrogen) atoms. The molecule has 2 aromatic heterocycles. The van der Waals surface area contributed by atoms with E-state index < -0.39 is 0 Å². The Kier molecular flexibility index (Phi) is 1.89. The predicted octanol–water partition coefficient (Wildman–Crippen LogP) is 2.82. The van der Waals surface area contributed by atoms with E-state index in [1.807, 2.05) is 12.3 Å². The van der Waals surface area contributed by atoms with Crippen LogP contribution in [0, 0.1) is 0 Å². The van der Waals surface area contributed by atoms with Crippen molar-refractivity contribution in [2.45, 2.75) is 13.5 Å². The van der Waals surface area contributed by atoms with Gasteiger partial charge in [0.25, 0.3) is 0 Å². The van der Waals surface area contributed by atoms with E-state index in [1.54, 1.807) is 0 Å². The molecule has 0 unspecified atom stereocenters. The molecule has 0 saturated carbocycles. The van der Waals surface area contributed by atoms with E-state index in [9.17, 15) is 0 Å². The standard InChI is InChI=1S/C9H9BrN2/c1-2-12-6-8(10)7-4-3-5-11-9(7)12/h3-6H,2H2,1H3. The molecule has 0 spiro atoms. The van der Waals surface area contributed by atoms with E-state index in [4.69, 9.17) is 0 Å². The third kappa shape index (κ3) is 1.05. The highest BCUT2D eigenvalue weighted by molar-refractivity contribution is 9.10. The van der Waals surface area contributed by atoms with Gasteiger partial charge in [0, 0.05) is 28.8 Å². The van der Waals surface area contributed by atoms with E-state index in [-0.39, 0.29) is 0 Å². The summed E-state index contributed by atoms with van der Waals surface area (Å²) < 4.78 is 3.24. The summed E-state index contributed by atoms with van der Waals surface area (Å²) in [6.07, 6.45) is 3.89. The zero-order chi connectivity index (χ0) is 8.55. The van der Waals surface area contributed by atoms with Crippen LogP contribution < -0.4 is 0 Å².